The van der Waals surface area contributed by atoms with Crippen molar-refractivity contribution in [1.29, 1.82) is 5.41 Å². The SMILES string of the molecule is CCOC(=O)C[C@H]1C(=O)N(CC(=O)N[C@@H](CCCNC(=N)NS(=O)(=O)c2ccc(C)cc2)C(=O)c2nccs2)CCN1S(=O)(=O)c1ccccc1. The van der Waals surface area contributed by atoms with Crippen LogP contribution in [0.1, 0.15) is 41.6 Å². The van der Waals surface area contributed by atoms with Crippen molar-refractivity contribution < 1.29 is 40.8 Å². The summed E-state index contributed by atoms with van der Waals surface area (Å²) in [7, 11) is -8.19. The quantitative estimate of drug-likeness (QED) is 0.0535. The van der Waals surface area contributed by atoms with E-state index >= 15 is 0 Å². The van der Waals surface area contributed by atoms with Crippen LogP contribution in [0.15, 0.2) is 76.0 Å². The molecule has 51 heavy (non-hydrogen) atoms. The number of carbonyl (C=O) groups excluding carboxylic acids is 4. The number of amides is 2. The maximum Gasteiger partial charge on any atom is 0.307 e. The van der Waals surface area contributed by atoms with Crippen LogP contribution in [0.4, 0.5) is 0 Å². The summed E-state index contributed by atoms with van der Waals surface area (Å²) in [5.41, 5.74) is 0.873. The molecule has 1 saturated heterocycles. The summed E-state index contributed by atoms with van der Waals surface area (Å²) in [5.74, 6) is -3.23. The largest absolute Gasteiger partial charge is 0.466 e. The first-order chi connectivity index (χ1) is 24.2. The lowest BCUT2D eigenvalue weighted by molar-refractivity contribution is -0.150. The predicted octanol–water partition coefficient (Wildman–Crippen LogP) is 1.26. The van der Waals surface area contributed by atoms with Gasteiger partial charge in [0.1, 0.15) is 6.04 Å². The lowest BCUT2D eigenvalue weighted by Crippen LogP contribution is -2.60. The van der Waals surface area contributed by atoms with Gasteiger partial charge >= 0.3 is 5.97 Å². The van der Waals surface area contributed by atoms with Crippen LogP contribution in [0.25, 0.3) is 0 Å². The molecule has 4 N–H and O–H groups in total. The number of hydrogen-bond donors (Lipinski definition) is 4. The number of nitrogens with one attached hydrogen (secondary N) is 4. The van der Waals surface area contributed by atoms with E-state index in [1.54, 1.807) is 30.5 Å². The molecule has 0 radical (unpaired) electrons. The van der Waals surface area contributed by atoms with Crippen LogP contribution in [0.2, 0.25) is 0 Å². The van der Waals surface area contributed by atoms with Gasteiger partial charge in [-0.3, -0.25) is 24.6 Å². The van der Waals surface area contributed by atoms with Crippen LogP contribution < -0.4 is 15.4 Å². The lowest BCUT2D eigenvalue weighted by atomic mass is 10.1. The van der Waals surface area contributed by atoms with E-state index in [1.807, 2.05) is 6.92 Å². The zero-order valence-corrected chi connectivity index (χ0v) is 30.4. The highest BCUT2D eigenvalue weighted by molar-refractivity contribution is 7.90. The first-order valence-electron chi connectivity index (χ1n) is 15.9. The minimum absolute atomic E-state index is 0.0126. The van der Waals surface area contributed by atoms with Crippen molar-refractivity contribution >= 4 is 60.9 Å². The number of carbonyl (C=O) groups is 4. The zero-order valence-electron chi connectivity index (χ0n) is 27.9. The predicted molar refractivity (Wildman–Crippen MR) is 187 cm³/mol. The minimum Gasteiger partial charge on any atom is -0.466 e. The molecule has 2 atom stereocenters. The molecule has 1 aromatic heterocycles. The molecule has 0 unspecified atom stereocenters. The Balaban J connectivity index is 1.40. The topological polar surface area (TPSA) is 225 Å². The average molecular weight is 762 g/mol. The third-order valence-corrected chi connectivity index (χ3v) is 11.8. The first-order valence-corrected chi connectivity index (χ1v) is 19.7. The highest BCUT2D eigenvalue weighted by atomic mass is 32.2. The number of rotatable bonds is 16. The number of Topliss-reactive ketones (excluding diaryl/α,β-unsaturated/α-hetero) is 1. The number of hydrogen-bond acceptors (Lipinski definition) is 12. The maximum atomic E-state index is 13.7. The van der Waals surface area contributed by atoms with E-state index in [-0.39, 0.29) is 53.9 Å². The van der Waals surface area contributed by atoms with Gasteiger partial charge in [0.25, 0.3) is 10.0 Å². The molecule has 19 heteroatoms. The molecular weight excluding hydrogens is 723 g/mol. The van der Waals surface area contributed by atoms with E-state index < -0.39 is 74.6 Å². The van der Waals surface area contributed by atoms with E-state index in [0.717, 1.165) is 26.1 Å². The number of piperazine rings is 1. The summed E-state index contributed by atoms with van der Waals surface area (Å²) in [6, 6.07) is 11.0. The number of sulfonamides is 2. The molecule has 0 bridgehead atoms. The number of thiazole rings is 1. The molecular formula is C32H39N7O9S3. The van der Waals surface area contributed by atoms with Crippen molar-refractivity contribution in [2.75, 3.05) is 32.8 Å². The second kappa shape index (κ2) is 17.5. The number of aryl methyl sites for hydroxylation is 1. The first kappa shape index (κ1) is 39.1. The summed E-state index contributed by atoms with van der Waals surface area (Å²) in [6.07, 6.45) is 1.15. The summed E-state index contributed by atoms with van der Waals surface area (Å²) in [5, 5.41) is 15.0. The molecule has 0 saturated carbocycles. The average Bonchev–Trinajstić information content (AvgIpc) is 3.63. The van der Waals surface area contributed by atoms with Gasteiger partial charge in [0.15, 0.2) is 5.01 Å². The Morgan fingerprint density at radius 1 is 1.04 bits per heavy atom. The van der Waals surface area contributed by atoms with Crippen molar-refractivity contribution in [3.8, 4) is 0 Å². The number of ketones is 1. The molecule has 16 nitrogen and oxygen atoms in total. The highest BCUT2D eigenvalue weighted by Crippen LogP contribution is 2.24. The van der Waals surface area contributed by atoms with Gasteiger partial charge in [0, 0.05) is 31.2 Å². The maximum absolute atomic E-state index is 13.7. The normalized spacial score (nSPS) is 15.8. The van der Waals surface area contributed by atoms with Crippen LogP contribution in [0.5, 0.6) is 0 Å². The fraction of sp³-hybridized carbons (Fsp3) is 0.375. The van der Waals surface area contributed by atoms with Gasteiger partial charge in [-0.15, -0.1) is 11.3 Å². The van der Waals surface area contributed by atoms with Gasteiger partial charge in [-0.25, -0.2) is 26.5 Å². The Labute approximate surface area is 300 Å². The molecule has 2 aromatic carbocycles. The molecule has 4 rings (SSSR count). The second-order valence-corrected chi connectivity index (χ2v) is 15.9. The number of aromatic nitrogens is 1. The molecule has 2 amide bonds. The number of guanidine groups is 1. The zero-order chi connectivity index (χ0) is 37.2. The van der Waals surface area contributed by atoms with Gasteiger partial charge in [-0.1, -0.05) is 35.9 Å². The van der Waals surface area contributed by atoms with Gasteiger partial charge in [-0.05, 0) is 51.0 Å². The van der Waals surface area contributed by atoms with Crippen molar-refractivity contribution in [2.45, 2.75) is 55.0 Å². The summed E-state index contributed by atoms with van der Waals surface area (Å²) in [4.78, 5) is 57.8. The van der Waals surface area contributed by atoms with Crippen LogP contribution in [-0.4, -0.2) is 105 Å². The van der Waals surface area contributed by atoms with Crippen molar-refractivity contribution in [2.24, 2.45) is 0 Å². The Kier molecular flexibility index (Phi) is 13.4. The molecule has 274 valence electrons. The van der Waals surface area contributed by atoms with Gasteiger partial charge in [-0.2, -0.15) is 4.31 Å². The summed E-state index contributed by atoms with van der Waals surface area (Å²) >= 11 is 1.07. The highest BCUT2D eigenvalue weighted by Gasteiger charge is 2.43. The molecule has 2 heterocycles. The van der Waals surface area contributed by atoms with Crippen LogP contribution >= 0.6 is 11.3 Å². The number of nitrogens with zero attached hydrogens (tertiary/aromatic N) is 3. The molecule has 0 spiro atoms. The molecule has 1 aliphatic heterocycles. The van der Waals surface area contributed by atoms with E-state index in [0.29, 0.717) is 0 Å². The smallest absolute Gasteiger partial charge is 0.307 e. The fourth-order valence-corrected chi connectivity index (χ4v) is 8.38. The number of benzene rings is 2. The molecule has 0 aliphatic carbocycles. The third-order valence-electron chi connectivity index (χ3n) is 7.72. The lowest BCUT2D eigenvalue weighted by Gasteiger charge is -2.39. The van der Waals surface area contributed by atoms with E-state index in [9.17, 15) is 36.0 Å². The standard InChI is InChI=1S/C32H39N7O9S3/c1-3-48-28(41)20-26-31(43)38(17-18-39(26)51(46,47)24-8-5-4-6-9-24)21-27(40)36-25(29(42)30-34-16-19-49-30)10-7-15-35-32(33)37-50(44,45)23-13-11-22(2)12-14-23/h4-6,8-9,11-14,16,19,25-26H,3,7,10,15,17-18,20-21H2,1-2H3,(H,36,40)(H3,33,35,37)/t25-,26-/m0/s1. The second-order valence-electron chi connectivity index (χ2n) is 11.4. The van der Waals surface area contributed by atoms with Crippen LogP contribution in [0.3, 0.4) is 0 Å². The summed E-state index contributed by atoms with van der Waals surface area (Å²) < 4.78 is 60.2. The Morgan fingerprint density at radius 2 is 1.75 bits per heavy atom. The van der Waals surface area contributed by atoms with Crippen molar-refractivity contribution in [3.63, 3.8) is 0 Å². The Morgan fingerprint density at radius 3 is 2.39 bits per heavy atom. The Hall–Kier alpha value is -4.72. The van der Waals surface area contributed by atoms with Crippen LogP contribution in [0, 0.1) is 12.3 Å². The number of esters is 1. The van der Waals surface area contributed by atoms with E-state index in [1.165, 1.54) is 42.6 Å². The van der Waals surface area contributed by atoms with E-state index in [2.05, 4.69) is 20.3 Å². The Bertz CT molecular complexity index is 1920. The van der Waals surface area contributed by atoms with Gasteiger partial charge in [0.05, 0.1) is 35.4 Å². The van der Waals surface area contributed by atoms with Crippen molar-refractivity contribution in [1.82, 2.24) is 29.5 Å². The van der Waals surface area contributed by atoms with Crippen molar-refractivity contribution in [3.05, 3.63) is 76.7 Å². The minimum atomic E-state index is -4.19. The van der Waals surface area contributed by atoms with Gasteiger partial charge < -0.3 is 20.3 Å². The van der Waals surface area contributed by atoms with E-state index in [4.69, 9.17) is 10.1 Å². The third kappa shape index (κ3) is 10.4. The van der Waals surface area contributed by atoms with Crippen LogP contribution in [-0.2, 0) is 39.2 Å². The molecule has 1 fully saturated rings. The molecule has 3 aromatic rings. The fourth-order valence-electron chi connectivity index (χ4n) is 5.20. The van der Waals surface area contributed by atoms with Gasteiger partial charge in [0.2, 0.25) is 33.6 Å². The number of ether oxygens (including phenoxy) is 1. The summed E-state index contributed by atoms with van der Waals surface area (Å²) in [6.45, 7) is 2.59. The monoisotopic (exact) mass is 761 g/mol. The molecule has 1 aliphatic rings.